The average Bonchev–Trinajstić information content (AvgIpc) is 3.49. The molecule has 1 aromatic carbocycles. The van der Waals surface area contributed by atoms with E-state index in [-0.39, 0.29) is 17.6 Å². The first-order valence-electron chi connectivity index (χ1n) is 13.1. The normalized spacial score (nSPS) is 20.9. The Kier molecular flexibility index (Phi) is 6.52. The van der Waals surface area contributed by atoms with Gasteiger partial charge in [0.2, 0.25) is 0 Å². The van der Waals surface area contributed by atoms with E-state index < -0.39 is 12.3 Å². The first kappa shape index (κ1) is 25.4. The van der Waals surface area contributed by atoms with E-state index in [0.29, 0.717) is 55.1 Å². The molecular formula is C29H30F2N6O2. The number of aliphatic hydroxyl groups excluding tert-OH is 1. The molecule has 39 heavy (non-hydrogen) atoms. The Morgan fingerprint density at radius 3 is 2.85 bits per heavy atom. The summed E-state index contributed by atoms with van der Waals surface area (Å²) in [7, 11) is 3.92. The van der Waals surface area contributed by atoms with E-state index in [1.807, 2.05) is 43.3 Å². The molecule has 3 atom stereocenters. The van der Waals surface area contributed by atoms with Gasteiger partial charge in [0, 0.05) is 30.9 Å². The van der Waals surface area contributed by atoms with Crippen molar-refractivity contribution in [1.29, 1.82) is 0 Å². The number of pyridine rings is 2. The van der Waals surface area contributed by atoms with Crippen LogP contribution in [0.15, 0.2) is 48.8 Å². The number of hydrogen-bond acceptors (Lipinski definition) is 6. The van der Waals surface area contributed by atoms with Gasteiger partial charge in [-0.25, -0.2) is 18.7 Å². The van der Waals surface area contributed by atoms with Crippen LogP contribution in [0, 0.1) is 5.82 Å². The second-order valence-corrected chi connectivity index (χ2v) is 10.6. The van der Waals surface area contributed by atoms with Gasteiger partial charge in [0.1, 0.15) is 23.5 Å². The highest BCUT2D eigenvalue weighted by atomic mass is 19.1. The lowest BCUT2D eigenvalue weighted by Gasteiger charge is -2.30. The number of fused-ring (bicyclic) bond motifs is 2. The van der Waals surface area contributed by atoms with Crippen molar-refractivity contribution in [2.45, 2.75) is 50.5 Å². The van der Waals surface area contributed by atoms with Gasteiger partial charge in [0.15, 0.2) is 0 Å². The van der Waals surface area contributed by atoms with Crippen LogP contribution < -0.4 is 10.6 Å². The molecule has 0 radical (unpaired) electrons. The number of carbonyl (C=O) groups excluding carboxylic acids is 1. The number of alkyl halides is 1. The summed E-state index contributed by atoms with van der Waals surface area (Å²) in [6, 6.07) is 10.4. The van der Waals surface area contributed by atoms with Crippen molar-refractivity contribution in [3.05, 3.63) is 77.0 Å². The summed E-state index contributed by atoms with van der Waals surface area (Å²) in [5, 5.41) is 16.4. The minimum Gasteiger partial charge on any atom is -0.390 e. The number of amides is 1. The predicted molar refractivity (Wildman–Crippen MR) is 144 cm³/mol. The zero-order valence-corrected chi connectivity index (χ0v) is 21.8. The number of carbonyl (C=O) groups is 1. The summed E-state index contributed by atoms with van der Waals surface area (Å²) in [6.45, 7) is 0.953. The summed E-state index contributed by atoms with van der Waals surface area (Å²) in [6.07, 6.45) is 2.56. The lowest BCUT2D eigenvalue weighted by Crippen LogP contribution is -2.30. The van der Waals surface area contributed by atoms with E-state index in [1.165, 1.54) is 12.1 Å². The molecule has 4 heterocycles. The smallest absolute Gasteiger partial charge is 0.254 e. The molecule has 202 valence electrons. The molecule has 0 saturated heterocycles. The molecular weight excluding hydrogens is 502 g/mol. The summed E-state index contributed by atoms with van der Waals surface area (Å²) in [5.74, 6) is 0.0861. The molecule has 1 fully saturated rings. The van der Waals surface area contributed by atoms with Gasteiger partial charge in [-0.2, -0.15) is 0 Å². The number of nitrogens with zero attached hydrogens (tertiary/aromatic N) is 4. The van der Waals surface area contributed by atoms with E-state index >= 15 is 0 Å². The lowest BCUT2D eigenvalue weighted by molar-refractivity contribution is 0.0358. The van der Waals surface area contributed by atoms with Gasteiger partial charge in [-0.05, 0) is 68.6 Å². The maximum absolute atomic E-state index is 13.9. The van der Waals surface area contributed by atoms with Gasteiger partial charge in [-0.1, -0.05) is 12.1 Å². The molecule has 1 aliphatic heterocycles. The van der Waals surface area contributed by atoms with Gasteiger partial charge in [-0.3, -0.25) is 9.20 Å². The fourth-order valence-corrected chi connectivity index (χ4v) is 5.76. The van der Waals surface area contributed by atoms with Crippen molar-refractivity contribution < 1.29 is 18.7 Å². The number of imidazole rings is 1. The zero-order chi connectivity index (χ0) is 27.3. The number of hydrogen-bond donors (Lipinski definition) is 3. The van der Waals surface area contributed by atoms with Crippen LogP contribution in [-0.2, 0) is 13.1 Å². The monoisotopic (exact) mass is 532 g/mol. The quantitative estimate of drug-likeness (QED) is 0.337. The van der Waals surface area contributed by atoms with Gasteiger partial charge in [-0.15, -0.1) is 0 Å². The van der Waals surface area contributed by atoms with Crippen LogP contribution in [-0.4, -0.2) is 56.7 Å². The number of aliphatic hydroxyl groups is 1. The van der Waals surface area contributed by atoms with E-state index in [1.54, 1.807) is 16.8 Å². The van der Waals surface area contributed by atoms with Crippen LogP contribution in [0.5, 0.6) is 0 Å². The molecule has 0 bridgehead atoms. The van der Waals surface area contributed by atoms with Gasteiger partial charge < -0.3 is 20.6 Å². The van der Waals surface area contributed by atoms with Crippen LogP contribution >= 0.6 is 0 Å². The number of aromatic nitrogens is 3. The van der Waals surface area contributed by atoms with Gasteiger partial charge >= 0.3 is 0 Å². The fraction of sp³-hybridized carbons (Fsp3) is 0.345. The maximum Gasteiger partial charge on any atom is 0.254 e. The van der Waals surface area contributed by atoms with E-state index in [0.717, 1.165) is 28.1 Å². The third-order valence-corrected chi connectivity index (χ3v) is 7.63. The van der Waals surface area contributed by atoms with Crippen LogP contribution in [0.4, 0.5) is 20.3 Å². The van der Waals surface area contributed by atoms with Crippen molar-refractivity contribution in [2.24, 2.45) is 0 Å². The predicted octanol–water partition coefficient (Wildman–Crippen LogP) is 4.55. The highest BCUT2D eigenvalue weighted by Gasteiger charge is 2.32. The van der Waals surface area contributed by atoms with Gasteiger partial charge in [0.05, 0.1) is 34.9 Å². The van der Waals surface area contributed by atoms with Crippen LogP contribution in [0.1, 0.15) is 52.4 Å². The van der Waals surface area contributed by atoms with Crippen LogP contribution in [0.3, 0.4) is 0 Å². The second kappa shape index (κ2) is 10.0. The van der Waals surface area contributed by atoms with E-state index in [9.17, 15) is 18.7 Å². The molecule has 6 rings (SSSR count). The largest absolute Gasteiger partial charge is 0.390 e. The van der Waals surface area contributed by atoms with Crippen molar-refractivity contribution >= 4 is 23.1 Å². The Labute approximate surface area is 224 Å². The number of anilines is 2. The van der Waals surface area contributed by atoms with Crippen molar-refractivity contribution in [3.63, 3.8) is 0 Å². The number of benzene rings is 1. The Bertz CT molecular complexity index is 1570. The molecule has 4 aromatic rings. The second-order valence-electron chi connectivity index (χ2n) is 10.6. The molecule has 1 aliphatic carbocycles. The lowest BCUT2D eigenvalue weighted by atomic mass is 9.81. The minimum absolute atomic E-state index is 0.0387. The zero-order valence-electron chi connectivity index (χ0n) is 21.8. The van der Waals surface area contributed by atoms with Crippen LogP contribution in [0.2, 0.25) is 0 Å². The van der Waals surface area contributed by atoms with Crippen molar-refractivity contribution in [2.75, 3.05) is 19.4 Å². The Morgan fingerprint density at radius 2 is 2.05 bits per heavy atom. The summed E-state index contributed by atoms with van der Waals surface area (Å²) in [4.78, 5) is 24.2. The number of nitrogens with one attached hydrogen (secondary N) is 2. The summed E-state index contributed by atoms with van der Waals surface area (Å²) in [5.41, 5.74) is 5.97. The first-order valence-corrected chi connectivity index (χ1v) is 13.1. The highest BCUT2D eigenvalue weighted by molar-refractivity contribution is 6.06. The molecule has 3 aromatic heterocycles. The molecule has 10 heteroatoms. The van der Waals surface area contributed by atoms with Crippen molar-refractivity contribution in [3.8, 4) is 11.3 Å². The summed E-state index contributed by atoms with van der Waals surface area (Å²) >= 11 is 0. The highest BCUT2D eigenvalue weighted by Crippen LogP contribution is 2.38. The van der Waals surface area contributed by atoms with Crippen molar-refractivity contribution in [1.82, 2.24) is 24.6 Å². The standard InChI is InChI=1S/C29H30F2N6O2/c1-36(2)15-23-18(16-3-6-21(31)25(38)11-16)5-8-26(35-23)34-22-7-4-19(20-13-33-29(39)28(20)22)24-14-32-27-12-17(30)9-10-37(24)27/h4-5,7-10,12,14,16,21,25,38H,3,6,11,13,15H2,1-2H3,(H,33,39)(H,34,35)/t16?,21-,25-/m0/s1. The molecule has 8 nitrogen and oxygen atoms in total. The topological polar surface area (TPSA) is 94.8 Å². The van der Waals surface area contributed by atoms with Gasteiger partial charge in [0.25, 0.3) is 5.91 Å². The Morgan fingerprint density at radius 1 is 1.21 bits per heavy atom. The average molecular weight is 533 g/mol. The molecule has 0 spiro atoms. The Balaban J connectivity index is 1.35. The molecule has 2 aliphatic rings. The first-order chi connectivity index (χ1) is 18.8. The van der Waals surface area contributed by atoms with E-state index in [2.05, 4.69) is 15.6 Å². The Hall–Kier alpha value is -3.89. The number of halogens is 2. The molecule has 1 unspecified atom stereocenters. The molecule has 3 N–H and O–H groups in total. The fourth-order valence-electron chi connectivity index (χ4n) is 5.76. The van der Waals surface area contributed by atoms with E-state index in [4.69, 9.17) is 4.98 Å². The minimum atomic E-state index is -1.18. The molecule has 1 amide bonds. The summed E-state index contributed by atoms with van der Waals surface area (Å²) < 4.78 is 29.4. The maximum atomic E-state index is 13.9. The number of rotatable bonds is 6. The molecule has 1 saturated carbocycles. The SMILES string of the molecule is CN(C)Cc1nc(Nc2ccc(-c3cnc4cc(F)ccn34)c3c2C(=O)NC3)ccc1C1CC[C@H](F)[C@@H](O)C1. The third kappa shape index (κ3) is 4.74. The van der Waals surface area contributed by atoms with Crippen LogP contribution in [0.25, 0.3) is 16.9 Å². The third-order valence-electron chi connectivity index (χ3n) is 7.63.